The van der Waals surface area contributed by atoms with Crippen LogP contribution in [-0.2, 0) is 14.3 Å². The van der Waals surface area contributed by atoms with E-state index in [1.807, 2.05) is 6.92 Å². The quantitative estimate of drug-likeness (QED) is 0.234. The monoisotopic (exact) mass is 152 g/mol. The third kappa shape index (κ3) is 9.54. The van der Waals surface area contributed by atoms with Crippen molar-refractivity contribution < 1.29 is 38.3 Å². The maximum atomic E-state index is 10.4. The van der Waals surface area contributed by atoms with Crippen LogP contribution in [-0.4, -0.2) is 18.5 Å². The molecule has 0 saturated heterocycles. The summed E-state index contributed by atoms with van der Waals surface area (Å²) in [5.41, 5.74) is 0. The molecule has 0 N–H and O–H groups in total. The summed E-state index contributed by atoms with van der Waals surface area (Å²) in [7, 11) is 0. The molecule has 0 fully saturated rings. The molecule has 58 valence electrons. The van der Waals surface area contributed by atoms with Gasteiger partial charge in [-0.05, 0) is 6.42 Å². The van der Waals surface area contributed by atoms with Gasteiger partial charge in [-0.2, -0.15) is 0 Å². The topological polar surface area (TPSA) is 66.4 Å². The van der Waals surface area contributed by atoms with Gasteiger partial charge in [0.2, 0.25) is 0 Å². The number of carboxylic acid groups (broad SMARTS) is 1. The Kier molecular flexibility index (Phi) is 9.14. The van der Waals surface area contributed by atoms with Gasteiger partial charge in [-0.3, -0.25) is 4.79 Å². The van der Waals surface area contributed by atoms with Crippen molar-refractivity contribution in [2.45, 2.75) is 19.8 Å². The van der Waals surface area contributed by atoms with Gasteiger partial charge in [0.05, 0.1) is 19.0 Å². The van der Waals surface area contributed by atoms with Crippen LogP contribution in [0, 0.1) is 0 Å². The SMILES string of the molecule is CCCOC(=O)CC(=O)[O-].[Li+]. The minimum Gasteiger partial charge on any atom is -0.550 e. The summed E-state index contributed by atoms with van der Waals surface area (Å²) in [6.45, 7) is 2.10. The summed E-state index contributed by atoms with van der Waals surface area (Å²) in [6, 6.07) is 0. The van der Waals surface area contributed by atoms with E-state index in [2.05, 4.69) is 4.74 Å². The van der Waals surface area contributed by atoms with Crippen LogP contribution < -0.4 is 24.0 Å². The zero-order valence-corrected chi connectivity index (χ0v) is 6.75. The van der Waals surface area contributed by atoms with Gasteiger partial charge in [0.1, 0.15) is 0 Å². The van der Waals surface area contributed by atoms with E-state index in [4.69, 9.17) is 0 Å². The predicted octanol–water partition coefficient (Wildman–Crippen LogP) is -3.92. The minimum absolute atomic E-state index is 0. The molecule has 0 aliphatic heterocycles. The van der Waals surface area contributed by atoms with E-state index < -0.39 is 18.4 Å². The van der Waals surface area contributed by atoms with Crippen molar-refractivity contribution in [3.05, 3.63) is 0 Å². The Morgan fingerprint density at radius 3 is 2.36 bits per heavy atom. The van der Waals surface area contributed by atoms with E-state index in [1.165, 1.54) is 0 Å². The smallest absolute Gasteiger partial charge is 0.550 e. The maximum absolute atomic E-state index is 10.4. The second-order valence-corrected chi connectivity index (χ2v) is 1.77. The first kappa shape index (κ1) is 13.2. The molecule has 0 aliphatic carbocycles. The van der Waals surface area contributed by atoms with Gasteiger partial charge in [0.15, 0.2) is 0 Å². The molecule has 4 nitrogen and oxygen atoms in total. The van der Waals surface area contributed by atoms with Gasteiger partial charge >= 0.3 is 24.8 Å². The molecule has 0 unspecified atom stereocenters. The Labute approximate surface area is 77.1 Å². The van der Waals surface area contributed by atoms with Gasteiger partial charge in [-0.25, -0.2) is 0 Å². The van der Waals surface area contributed by atoms with Gasteiger partial charge in [0.25, 0.3) is 0 Å². The summed E-state index contributed by atoms with van der Waals surface area (Å²) in [6.07, 6.45) is 0.0405. The zero-order chi connectivity index (χ0) is 7.98. The Hall–Kier alpha value is -0.463. The van der Waals surface area contributed by atoms with Crippen molar-refractivity contribution in [1.82, 2.24) is 0 Å². The second kappa shape index (κ2) is 7.64. The van der Waals surface area contributed by atoms with Gasteiger partial charge in [0, 0.05) is 0 Å². The molecule has 0 amide bonds. The molecular weight excluding hydrogens is 143 g/mol. The average Bonchev–Trinajstić information content (AvgIpc) is 1.82. The van der Waals surface area contributed by atoms with Crippen LogP contribution >= 0.6 is 0 Å². The Morgan fingerprint density at radius 1 is 1.45 bits per heavy atom. The molecule has 0 rings (SSSR count). The number of hydrogen-bond acceptors (Lipinski definition) is 4. The van der Waals surface area contributed by atoms with Crippen LogP contribution in [0.5, 0.6) is 0 Å². The average molecular weight is 152 g/mol. The molecule has 11 heavy (non-hydrogen) atoms. The summed E-state index contributed by atoms with van der Waals surface area (Å²) in [5.74, 6) is -2.14. The number of rotatable bonds is 4. The van der Waals surface area contributed by atoms with E-state index in [-0.39, 0.29) is 25.5 Å². The fraction of sp³-hybridized carbons (Fsp3) is 0.667. The van der Waals surface area contributed by atoms with E-state index >= 15 is 0 Å². The molecular formula is C6H9LiO4. The number of carbonyl (C=O) groups is 2. The summed E-state index contributed by atoms with van der Waals surface area (Å²) in [5, 5.41) is 9.76. The molecule has 0 radical (unpaired) electrons. The third-order valence-corrected chi connectivity index (χ3v) is 0.756. The maximum Gasteiger partial charge on any atom is 1.00 e. The number of carboxylic acids is 1. The van der Waals surface area contributed by atoms with Crippen LogP contribution in [0.1, 0.15) is 19.8 Å². The molecule has 0 aromatic heterocycles. The van der Waals surface area contributed by atoms with E-state index in [9.17, 15) is 14.7 Å². The fourth-order valence-corrected chi connectivity index (χ4v) is 0.385. The van der Waals surface area contributed by atoms with Gasteiger partial charge in [-0.15, -0.1) is 0 Å². The molecule has 0 spiro atoms. The largest absolute Gasteiger partial charge is 1.00 e. The molecule has 0 saturated carbocycles. The van der Waals surface area contributed by atoms with Crippen molar-refractivity contribution in [2.75, 3.05) is 6.61 Å². The number of aliphatic carboxylic acids is 1. The number of carbonyl (C=O) groups excluding carboxylic acids is 2. The first-order valence-corrected chi connectivity index (χ1v) is 3.02. The number of ether oxygens (including phenoxy) is 1. The third-order valence-electron chi connectivity index (χ3n) is 0.756. The normalized spacial score (nSPS) is 8.09. The van der Waals surface area contributed by atoms with E-state index in [0.29, 0.717) is 6.42 Å². The molecule has 0 bridgehead atoms. The summed E-state index contributed by atoms with van der Waals surface area (Å²) >= 11 is 0. The second-order valence-electron chi connectivity index (χ2n) is 1.77. The molecule has 5 heteroatoms. The van der Waals surface area contributed by atoms with Crippen molar-refractivity contribution in [2.24, 2.45) is 0 Å². The van der Waals surface area contributed by atoms with Crippen molar-refractivity contribution >= 4 is 11.9 Å². The Balaban J connectivity index is 0. The van der Waals surface area contributed by atoms with Crippen molar-refractivity contribution in [3.8, 4) is 0 Å². The van der Waals surface area contributed by atoms with Crippen molar-refractivity contribution in [3.63, 3.8) is 0 Å². The molecule has 0 aromatic carbocycles. The van der Waals surface area contributed by atoms with Crippen LogP contribution in [0.3, 0.4) is 0 Å². The molecule has 0 atom stereocenters. The van der Waals surface area contributed by atoms with Crippen LogP contribution in [0.4, 0.5) is 0 Å². The Bertz CT molecular complexity index is 135. The molecule has 0 aliphatic rings. The standard InChI is InChI=1S/C6H10O4.Li/c1-2-3-10-6(9)4-5(7)8;/h2-4H2,1H3,(H,7,8);/q;+1/p-1. The fourth-order valence-electron chi connectivity index (χ4n) is 0.385. The van der Waals surface area contributed by atoms with E-state index in [0.717, 1.165) is 0 Å². The van der Waals surface area contributed by atoms with Crippen LogP contribution in [0.15, 0.2) is 0 Å². The van der Waals surface area contributed by atoms with E-state index in [1.54, 1.807) is 0 Å². The van der Waals surface area contributed by atoms with Crippen LogP contribution in [0.2, 0.25) is 0 Å². The summed E-state index contributed by atoms with van der Waals surface area (Å²) in [4.78, 5) is 20.1. The predicted molar refractivity (Wildman–Crippen MR) is 30.9 cm³/mol. The van der Waals surface area contributed by atoms with Crippen LogP contribution in [0.25, 0.3) is 0 Å². The number of esters is 1. The zero-order valence-electron chi connectivity index (χ0n) is 6.75. The molecule has 0 aromatic rings. The Morgan fingerprint density at radius 2 is 2.00 bits per heavy atom. The van der Waals surface area contributed by atoms with Crippen molar-refractivity contribution in [1.29, 1.82) is 0 Å². The minimum atomic E-state index is -1.40. The molecule has 0 heterocycles. The number of hydrogen-bond donors (Lipinski definition) is 0. The van der Waals surface area contributed by atoms with Gasteiger partial charge < -0.3 is 14.6 Å². The first-order chi connectivity index (χ1) is 4.66. The summed E-state index contributed by atoms with van der Waals surface area (Å²) < 4.78 is 4.44. The first-order valence-electron chi connectivity index (χ1n) is 3.02. The van der Waals surface area contributed by atoms with Gasteiger partial charge in [-0.1, -0.05) is 6.92 Å².